The minimum atomic E-state index is -0.0149. The zero-order valence-electron chi connectivity index (χ0n) is 10.3. The highest BCUT2D eigenvalue weighted by Gasteiger charge is 2.05. The fourth-order valence-electron chi connectivity index (χ4n) is 1.45. The van der Waals surface area contributed by atoms with Crippen LogP contribution in [-0.4, -0.2) is 25.5 Å². The number of aryl methyl sites for hydroxylation is 1. The van der Waals surface area contributed by atoms with Crippen LogP contribution in [0.25, 0.3) is 0 Å². The van der Waals surface area contributed by atoms with Gasteiger partial charge in [0.15, 0.2) is 0 Å². The van der Waals surface area contributed by atoms with Crippen molar-refractivity contribution in [3.63, 3.8) is 0 Å². The Morgan fingerprint density at radius 1 is 1.29 bits per heavy atom. The molecule has 0 aliphatic rings. The van der Waals surface area contributed by atoms with E-state index in [4.69, 9.17) is 0 Å². The van der Waals surface area contributed by atoms with Crippen molar-refractivity contribution in [1.29, 1.82) is 0 Å². The third kappa shape index (κ3) is 4.88. The lowest BCUT2D eigenvalue weighted by Gasteiger charge is -2.07. The molecule has 0 aliphatic heterocycles. The lowest BCUT2D eigenvalue weighted by Crippen LogP contribution is -2.32. The summed E-state index contributed by atoms with van der Waals surface area (Å²) in [5.41, 5.74) is 1.78. The van der Waals surface area contributed by atoms with Crippen molar-refractivity contribution in [2.45, 2.75) is 20.3 Å². The zero-order valence-corrected chi connectivity index (χ0v) is 11.9. The lowest BCUT2D eigenvalue weighted by molar-refractivity contribution is 0.0954. The van der Waals surface area contributed by atoms with Gasteiger partial charge in [-0.3, -0.25) is 4.79 Å². The Labute approximate surface area is 111 Å². The first-order valence-corrected chi connectivity index (χ1v) is 6.69. The van der Waals surface area contributed by atoms with Crippen molar-refractivity contribution in [2.24, 2.45) is 0 Å². The molecule has 0 saturated carbocycles. The number of rotatable bonds is 6. The molecule has 0 saturated heterocycles. The van der Waals surface area contributed by atoms with Crippen LogP contribution in [0, 0.1) is 6.92 Å². The van der Waals surface area contributed by atoms with Crippen molar-refractivity contribution in [3.8, 4) is 0 Å². The first-order valence-electron chi connectivity index (χ1n) is 5.90. The third-order valence-corrected chi connectivity index (χ3v) is 3.32. The molecule has 0 aromatic heterocycles. The van der Waals surface area contributed by atoms with Gasteiger partial charge in [0.1, 0.15) is 0 Å². The van der Waals surface area contributed by atoms with E-state index in [1.165, 1.54) is 0 Å². The van der Waals surface area contributed by atoms with Crippen LogP contribution < -0.4 is 10.6 Å². The molecule has 1 aromatic carbocycles. The number of carbonyl (C=O) groups excluding carboxylic acids is 1. The monoisotopic (exact) mass is 298 g/mol. The number of nitrogens with one attached hydrogen (secondary N) is 2. The Kier molecular flexibility index (Phi) is 6.22. The molecule has 0 aliphatic carbocycles. The number of hydrogen-bond acceptors (Lipinski definition) is 2. The predicted molar refractivity (Wildman–Crippen MR) is 74.4 cm³/mol. The van der Waals surface area contributed by atoms with Gasteiger partial charge >= 0.3 is 0 Å². The molecule has 17 heavy (non-hydrogen) atoms. The minimum absolute atomic E-state index is 0.0149. The highest BCUT2D eigenvalue weighted by atomic mass is 79.9. The van der Waals surface area contributed by atoms with Crippen LogP contribution >= 0.6 is 15.9 Å². The molecule has 0 radical (unpaired) electrons. The highest BCUT2D eigenvalue weighted by Crippen LogP contribution is 2.16. The van der Waals surface area contributed by atoms with E-state index in [1.807, 2.05) is 25.1 Å². The Balaban J connectivity index is 2.39. The molecule has 94 valence electrons. The molecule has 1 rings (SSSR count). The van der Waals surface area contributed by atoms with Gasteiger partial charge in [0, 0.05) is 23.1 Å². The normalized spacial score (nSPS) is 10.3. The number of carbonyl (C=O) groups is 1. The number of benzene rings is 1. The van der Waals surface area contributed by atoms with Gasteiger partial charge in [0.05, 0.1) is 0 Å². The maximum atomic E-state index is 11.8. The molecule has 1 aromatic rings. The zero-order chi connectivity index (χ0) is 12.7. The standard InChI is InChI=1S/C13H19BrN2O/c1-3-6-15-7-8-16-13(17)11-4-5-12(14)10(2)9-11/h4-5,9,15H,3,6-8H2,1-2H3,(H,16,17). The second kappa shape index (κ2) is 7.45. The second-order valence-electron chi connectivity index (χ2n) is 3.97. The van der Waals surface area contributed by atoms with E-state index < -0.39 is 0 Å². The van der Waals surface area contributed by atoms with Crippen molar-refractivity contribution in [2.75, 3.05) is 19.6 Å². The van der Waals surface area contributed by atoms with E-state index in [0.717, 1.165) is 29.5 Å². The molecule has 1 amide bonds. The lowest BCUT2D eigenvalue weighted by atomic mass is 10.1. The van der Waals surface area contributed by atoms with Crippen molar-refractivity contribution >= 4 is 21.8 Å². The van der Waals surface area contributed by atoms with Crippen LogP contribution in [0.5, 0.6) is 0 Å². The van der Waals surface area contributed by atoms with Crippen molar-refractivity contribution < 1.29 is 4.79 Å². The van der Waals surface area contributed by atoms with Gasteiger partial charge in [0.25, 0.3) is 5.91 Å². The molecule has 3 nitrogen and oxygen atoms in total. The Morgan fingerprint density at radius 3 is 2.71 bits per heavy atom. The van der Waals surface area contributed by atoms with E-state index in [-0.39, 0.29) is 5.91 Å². The van der Waals surface area contributed by atoms with Crippen molar-refractivity contribution in [1.82, 2.24) is 10.6 Å². The van der Waals surface area contributed by atoms with Gasteiger partial charge in [-0.15, -0.1) is 0 Å². The Hall–Kier alpha value is -0.870. The summed E-state index contributed by atoms with van der Waals surface area (Å²) in [4.78, 5) is 11.8. The van der Waals surface area contributed by atoms with Crippen LogP contribution in [0.3, 0.4) is 0 Å². The van der Waals surface area contributed by atoms with Gasteiger partial charge in [0.2, 0.25) is 0 Å². The molecular formula is C13H19BrN2O. The molecule has 2 N–H and O–H groups in total. The van der Waals surface area contributed by atoms with Gasteiger partial charge in [-0.05, 0) is 43.7 Å². The first-order chi connectivity index (χ1) is 8.15. The van der Waals surface area contributed by atoms with Crippen LogP contribution in [0.4, 0.5) is 0 Å². The summed E-state index contributed by atoms with van der Waals surface area (Å²) in [5.74, 6) is -0.0149. The van der Waals surface area contributed by atoms with Gasteiger partial charge in [-0.1, -0.05) is 22.9 Å². The first kappa shape index (κ1) is 14.2. The smallest absolute Gasteiger partial charge is 0.251 e. The fraction of sp³-hybridized carbons (Fsp3) is 0.462. The van der Waals surface area contributed by atoms with E-state index in [0.29, 0.717) is 12.1 Å². The van der Waals surface area contributed by atoms with E-state index in [1.54, 1.807) is 0 Å². The second-order valence-corrected chi connectivity index (χ2v) is 4.82. The summed E-state index contributed by atoms with van der Waals surface area (Å²) in [6.07, 6.45) is 1.11. The van der Waals surface area contributed by atoms with Crippen LogP contribution in [0.15, 0.2) is 22.7 Å². The molecular weight excluding hydrogens is 280 g/mol. The van der Waals surface area contributed by atoms with Gasteiger partial charge < -0.3 is 10.6 Å². The SMILES string of the molecule is CCCNCCNC(=O)c1ccc(Br)c(C)c1. The minimum Gasteiger partial charge on any atom is -0.351 e. The predicted octanol–water partition coefficient (Wildman–Crippen LogP) is 2.49. The molecule has 0 atom stereocenters. The largest absolute Gasteiger partial charge is 0.351 e. The van der Waals surface area contributed by atoms with Crippen LogP contribution in [0.2, 0.25) is 0 Å². The topological polar surface area (TPSA) is 41.1 Å². The molecule has 0 spiro atoms. The molecule has 0 unspecified atom stereocenters. The maximum absolute atomic E-state index is 11.8. The third-order valence-electron chi connectivity index (χ3n) is 2.43. The summed E-state index contributed by atoms with van der Waals surface area (Å²) in [7, 11) is 0. The Bertz CT molecular complexity index is 380. The molecule has 4 heteroatoms. The number of hydrogen-bond donors (Lipinski definition) is 2. The maximum Gasteiger partial charge on any atom is 0.251 e. The Morgan fingerprint density at radius 2 is 2.06 bits per heavy atom. The number of amides is 1. The van der Waals surface area contributed by atoms with Crippen LogP contribution in [0.1, 0.15) is 29.3 Å². The van der Waals surface area contributed by atoms with Crippen molar-refractivity contribution in [3.05, 3.63) is 33.8 Å². The number of halogens is 1. The van der Waals surface area contributed by atoms with Crippen LogP contribution in [-0.2, 0) is 0 Å². The van der Waals surface area contributed by atoms with Gasteiger partial charge in [-0.25, -0.2) is 0 Å². The summed E-state index contributed by atoms with van der Waals surface area (Å²) in [5, 5.41) is 6.13. The van der Waals surface area contributed by atoms with E-state index >= 15 is 0 Å². The quantitative estimate of drug-likeness (QED) is 0.792. The molecule has 0 heterocycles. The van der Waals surface area contributed by atoms with Gasteiger partial charge in [-0.2, -0.15) is 0 Å². The summed E-state index contributed by atoms with van der Waals surface area (Å²) in [6.45, 7) is 6.57. The summed E-state index contributed by atoms with van der Waals surface area (Å²) >= 11 is 3.42. The highest BCUT2D eigenvalue weighted by molar-refractivity contribution is 9.10. The fourth-order valence-corrected chi connectivity index (χ4v) is 1.70. The summed E-state index contributed by atoms with van der Waals surface area (Å²) in [6, 6.07) is 5.62. The molecule has 0 fully saturated rings. The van der Waals surface area contributed by atoms with E-state index in [2.05, 4.69) is 33.5 Å². The summed E-state index contributed by atoms with van der Waals surface area (Å²) < 4.78 is 1.03. The molecule has 0 bridgehead atoms. The average Bonchev–Trinajstić information content (AvgIpc) is 2.32. The average molecular weight is 299 g/mol. The van der Waals surface area contributed by atoms with E-state index in [9.17, 15) is 4.79 Å².